The summed E-state index contributed by atoms with van der Waals surface area (Å²) in [5, 5.41) is 68.8. The lowest BCUT2D eigenvalue weighted by molar-refractivity contribution is -0.842. The lowest BCUT2D eigenvalue weighted by Gasteiger charge is -2.46. The van der Waals surface area contributed by atoms with Gasteiger partial charge in [-0.2, -0.15) is 0 Å². The van der Waals surface area contributed by atoms with Gasteiger partial charge in [0.05, 0.1) is 38.1 Å². The third kappa shape index (κ3) is 6.63. The van der Waals surface area contributed by atoms with Gasteiger partial charge in [-0.05, 0) is 6.08 Å². The van der Waals surface area contributed by atoms with Crippen LogP contribution < -0.4 is 4.90 Å². The van der Waals surface area contributed by atoms with Gasteiger partial charge in [0, 0.05) is 11.5 Å². The Kier molecular flexibility index (Phi) is 10.2. The van der Waals surface area contributed by atoms with Crippen LogP contribution in [0.4, 0.5) is 0 Å². The molecule has 3 rings (SSSR count). The minimum atomic E-state index is -3.08. The molecule has 8 unspecified atom stereocenters. The zero-order valence-corrected chi connectivity index (χ0v) is 21.1. The van der Waals surface area contributed by atoms with Crippen molar-refractivity contribution in [3.63, 3.8) is 0 Å². The van der Waals surface area contributed by atoms with Crippen LogP contribution in [-0.4, -0.2) is 118 Å². The number of carboxylic acid groups (broad SMARTS) is 1. The van der Waals surface area contributed by atoms with Gasteiger partial charge in [0.1, 0.15) is 37.1 Å². The Morgan fingerprint density at radius 3 is 2.54 bits per heavy atom. The van der Waals surface area contributed by atoms with Crippen molar-refractivity contribution in [2.24, 2.45) is 11.8 Å². The van der Waals surface area contributed by atoms with Crippen molar-refractivity contribution < 1.29 is 69.2 Å². The van der Waals surface area contributed by atoms with Gasteiger partial charge in [-0.3, -0.25) is 0 Å². The molecule has 0 aromatic rings. The van der Waals surface area contributed by atoms with Gasteiger partial charge in [0.25, 0.3) is 0 Å². The smallest absolute Gasteiger partial charge is 0.341 e. The van der Waals surface area contributed by atoms with Crippen LogP contribution in [0, 0.1) is 11.8 Å². The normalized spacial score (nSPS) is 34.4. The van der Waals surface area contributed by atoms with Gasteiger partial charge in [-0.25, -0.2) is 9.59 Å². The predicted molar refractivity (Wildman–Crippen MR) is 129 cm³/mol. The number of ether oxygens (including phenoxy) is 4. The third-order valence-corrected chi connectivity index (χ3v) is 6.68. The van der Waals surface area contributed by atoms with E-state index in [4.69, 9.17) is 18.9 Å². The van der Waals surface area contributed by atoms with Gasteiger partial charge in [0.2, 0.25) is 12.1 Å². The number of rotatable bonds is 10. The molecule has 0 aromatic carbocycles. The SMILES string of the molecule is C=CC1C(OC2OC(CO)C(O)C(O)(O)C2O)OC=C(C(=O)OC)C1C=CC1=CC(C(=O)O)=C[NH+](CCO)C1. The molecule has 216 valence electrons. The van der Waals surface area contributed by atoms with E-state index in [-0.39, 0.29) is 24.3 Å². The van der Waals surface area contributed by atoms with Crippen LogP contribution in [0.15, 0.2) is 60.1 Å². The lowest BCUT2D eigenvalue weighted by atomic mass is 9.83. The Bertz CT molecular complexity index is 1050. The molecule has 3 aliphatic heterocycles. The molecule has 0 aliphatic carbocycles. The monoisotopic (exact) mass is 556 g/mol. The van der Waals surface area contributed by atoms with Crippen molar-refractivity contribution in [2.75, 3.05) is 33.4 Å². The fraction of sp³-hybridized carbons (Fsp3) is 0.520. The molecule has 1 saturated heterocycles. The fourth-order valence-electron chi connectivity index (χ4n) is 4.54. The minimum absolute atomic E-state index is 0.0297. The van der Waals surface area contributed by atoms with Gasteiger partial charge in [0.15, 0.2) is 12.4 Å². The summed E-state index contributed by atoms with van der Waals surface area (Å²) in [6.45, 7) is 3.43. The van der Waals surface area contributed by atoms with Crippen LogP contribution in [0.3, 0.4) is 0 Å². The van der Waals surface area contributed by atoms with Crippen LogP contribution in [-0.2, 0) is 28.5 Å². The topological polar surface area (TPSA) is 217 Å². The number of allylic oxidation sites excluding steroid dienone is 1. The Labute approximate surface area is 223 Å². The maximum absolute atomic E-state index is 12.5. The molecule has 3 heterocycles. The highest BCUT2D eigenvalue weighted by Gasteiger charge is 2.56. The first-order chi connectivity index (χ1) is 18.5. The molecule has 8 atom stereocenters. The number of quaternary nitrogens is 1. The maximum atomic E-state index is 12.5. The van der Waals surface area contributed by atoms with Crippen LogP contribution in [0.1, 0.15) is 0 Å². The second kappa shape index (κ2) is 13.0. The summed E-state index contributed by atoms with van der Waals surface area (Å²) in [5.74, 6) is -6.60. The number of carboxylic acids is 1. The highest BCUT2D eigenvalue weighted by atomic mass is 16.8. The van der Waals surface area contributed by atoms with Crippen molar-refractivity contribution in [3.8, 4) is 0 Å². The van der Waals surface area contributed by atoms with Crippen molar-refractivity contribution >= 4 is 11.9 Å². The molecule has 14 nitrogen and oxygen atoms in total. The second-order valence-corrected chi connectivity index (χ2v) is 9.23. The Morgan fingerprint density at radius 1 is 1.23 bits per heavy atom. The zero-order valence-electron chi connectivity index (χ0n) is 21.1. The Balaban J connectivity index is 1.90. The standard InChI is InChI=1S/C25H33NO13/c1-3-15-16(5-4-13-8-14(21(31)32)10-26(9-13)6-7-27)17(22(33)36-2)12-37-23(15)39-24-20(30)25(34,35)19(29)18(11-28)38-24/h3-5,8,10,12,15-16,18-20,23-24,27-30,34-35H,1,6-7,9,11H2,2H3,(H,31,32)/p+1. The largest absolute Gasteiger partial charge is 0.477 e. The first-order valence-electron chi connectivity index (χ1n) is 12.1. The van der Waals surface area contributed by atoms with Gasteiger partial charge < -0.3 is 59.6 Å². The molecule has 8 N–H and O–H groups in total. The summed E-state index contributed by atoms with van der Waals surface area (Å²) in [7, 11) is 1.17. The second-order valence-electron chi connectivity index (χ2n) is 9.23. The molecule has 3 aliphatic rings. The summed E-state index contributed by atoms with van der Waals surface area (Å²) >= 11 is 0. The van der Waals surface area contributed by atoms with Crippen LogP contribution >= 0.6 is 0 Å². The van der Waals surface area contributed by atoms with E-state index in [1.165, 1.54) is 25.5 Å². The lowest BCUT2D eigenvalue weighted by Crippen LogP contribution is -3.08. The summed E-state index contributed by atoms with van der Waals surface area (Å²) in [5.41, 5.74) is 0.684. The number of carbonyl (C=O) groups excluding carboxylic acids is 1. The van der Waals surface area contributed by atoms with Crippen LogP contribution in [0.5, 0.6) is 0 Å². The number of methoxy groups -OCH3 is 1. The number of aliphatic carboxylic acids is 1. The molecule has 1 fully saturated rings. The molecule has 0 bridgehead atoms. The zero-order chi connectivity index (χ0) is 28.9. The molecule has 0 spiro atoms. The summed E-state index contributed by atoms with van der Waals surface area (Å²) in [6.07, 6.45) is -0.141. The molecule has 0 saturated carbocycles. The van der Waals surface area contributed by atoms with E-state index >= 15 is 0 Å². The number of hydrogen-bond acceptors (Lipinski definition) is 12. The molecule has 14 heteroatoms. The number of nitrogens with one attached hydrogen (secondary N) is 1. The average Bonchev–Trinajstić information content (AvgIpc) is 2.91. The summed E-state index contributed by atoms with van der Waals surface area (Å²) in [6, 6.07) is 0. The van der Waals surface area contributed by atoms with Crippen LogP contribution in [0.25, 0.3) is 0 Å². The molecular formula is C25H34NO13+. The summed E-state index contributed by atoms with van der Waals surface area (Å²) in [4.78, 5) is 24.8. The van der Waals surface area contributed by atoms with Crippen LogP contribution in [0.2, 0.25) is 0 Å². The van der Waals surface area contributed by atoms with E-state index in [1.54, 1.807) is 12.2 Å². The molecular weight excluding hydrogens is 522 g/mol. The van der Waals surface area contributed by atoms with E-state index in [2.05, 4.69) is 6.58 Å². The first-order valence-corrected chi connectivity index (χ1v) is 12.1. The van der Waals surface area contributed by atoms with E-state index in [0.717, 1.165) is 6.26 Å². The number of aliphatic hydroxyl groups excluding tert-OH is 4. The fourth-order valence-corrected chi connectivity index (χ4v) is 4.54. The quantitative estimate of drug-likeness (QED) is 0.0739. The van der Waals surface area contributed by atoms with Crippen molar-refractivity contribution in [1.82, 2.24) is 0 Å². The molecule has 39 heavy (non-hydrogen) atoms. The van der Waals surface area contributed by atoms with Gasteiger partial charge in [-0.1, -0.05) is 18.2 Å². The number of aliphatic hydroxyl groups is 6. The Hall–Kier alpha value is -2.92. The van der Waals surface area contributed by atoms with Gasteiger partial charge >= 0.3 is 11.9 Å². The van der Waals surface area contributed by atoms with Crippen molar-refractivity contribution in [1.29, 1.82) is 0 Å². The maximum Gasteiger partial charge on any atom is 0.341 e. The van der Waals surface area contributed by atoms with E-state index in [9.17, 15) is 45.3 Å². The van der Waals surface area contributed by atoms with E-state index in [0.29, 0.717) is 17.0 Å². The van der Waals surface area contributed by atoms with Crippen molar-refractivity contribution in [2.45, 2.75) is 36.7 Å². The average molecular weight is 557 g/mol. The molecule has 0 radical (unpaired) electrons. The first kappa shape index (κ1) is 30.6. The molecule has 0 aromatic heterocycles. The Morgan fingerprint density at radius 2 is 1.95 bits per heavy atom. The molecule has 0 amide bonds. The third-order valence-electron chi connectivity index (χ3n) is 6.68. The number of carbonyl (C=O) groups is 2. The van der Waals surface area contributed by atoms with E-state index < -0.39 is 67.1 Å². The highest BCUT2D eigenvalue weighted by Crippen LogP contribution is 2.37. The van der Waals surface area contributed by atoms with Gasteiger partial charge in [-0.15, -0.1) is 6.58 Å². The number of hydrogen-bond donors (Lipinski definition) is 8. The van der Waals surface area contributed by atoms with E-state index in [1.807, 2.05) is 0 Å². The number of esters is 1. The highest BCUT2D eigenvalue weighted by molar-refractivity contribution is 5.90. The van der Waals surface area contributed by atoms with Crippen molar-refractivity contribution in [3.05, 3.63) is 60.1 Å². The summed E-state index contributed by atoms with van der Waals surface area (Å²) < 4.78 is 21.4. The predicted octanol–water partition coefficient (Wildman–Crippen LogP) is -3.70. The minimum Gasteiger partial charge on any atom is -0.477 e.